The van der Waals surface area contributed by atoms with Gasteiger partial charge in [0.05, 0.1) is 24.0 Å². The topological polar surface area (TPSA) is 106 Å². The summed E-state index contributed by atoms with van der Waals surface area (Å²) in [6.07, 6.45) is 8.29. The Morgan fingerprint density at radius 2 is 1.89 bits per heavy atom. The number of carbonyl (C=O) groups excluding carboxylic acids is 1. The van der Waals surface area contributed by atoms with Gasteiger partial charge in [-0.2, -0.15) is 0 Å². The van der Waals surface area contributed by atoms with Gasteiger partial charge in [0.15, 0.2) is 0 Å². The van der Waals surface area contributed by atoms with Gasteiger partial charge in [-0.05, 0) is 86.1 Å². The van der Waals surface area contributed by atoms with Gasteiger partial charge >= 0.3 is 5.97 Å². The minimum atomic E-state index is -1.09. The molecule has 0 saturated carbocycles. The van der Waals surface area contributed by atoms with E-state index in [1.807, 2.05) is 35.9 Å². The van der Waals surface area contributed by atoms with Crippen molar-refractivity contribution >= 4 is 22.9 Å². The van der Waals surface area contributed by atoms with Crippen LogP contribution in [0.2, 0.25) is 0 Å². The maximum Gasteiger partial charge on any atom is 0.326 e. The predicted octanol–water partition coefficient (Wildman–Crippen LogP) is 4.28. The molecule has 0 aliphatic heterocycles. The number of imidazole rings is 1. The molecule has 8 nitrogen and oxygen atoms in total. The number of carboxylic acid groups (broad SMARTS) is 1. The van der Waals surface area contributed by atoms with Gasteiger partial charge in [-0.25, -0.2) is 9.78 Å². The molecule has 0 fully saturated rings. The average Bonchev–Trinajstić information content (AvgIpc) is 3.31. The number of carbonyl (C=O) groups is 2. The van der Waals surface area contributed by atoms with Crippen LogP contribution in [-0.4, -0.2) is 44.2 Å². The molecule has 1 aliphatic carbocycles. The third kappa shape index (κ3) is 6.02. The summed E-state index contributed by atoms with van der Waals surface area (Å²) in [7, 11) is 1.84. The zero-order valence-corrected chi connectivity index (χ0v) is 21.5. The molecule has 38 heavy (non-hydrogen) atoms. The molecule has 4 aromatic rings. The van der Waals surface area contributed by atoms with Crippen molar-refractivity contribution in [3.05, 3.63) is 89.0 Å². The van der Waals surface area contributed by atoms with E-state index < -0.39 is 17.9 Å². The molecular formula is C30H32N4O4. The summed E-state index contributed by atoms with van der Waals surface area (Å²) in [5.41, 5.74) is 6.54. The number of amides is 1. The minimum absolute atomic E-state index is 0.166. The Hall–Kier alpha value is -4.20. The molecule has 2 aromatic heterocycles. The normalized spacial score (nSPS) is 13.6. The molecule has 1 atom stereocenters. The van der Waals surface area contributed by atoms with Crippen molar-refractivity contribution in [3.63, 3.8) is 0 Å². The average molecular weight is 513 g/mol. The third-order valence-electron chi connectivity index (χ3n) is 7.04. The molecule has 5 rings (SSSR count). The van der Waals surface area contributed by atoms with E-state index in [1.54, 1.807) is 24.5 Å². The number of aryl methyl sites for hydroxylation is 4. The van der Waals surface area contributed by atoms with Crippen molar-refractivity contribution in [1.29, 1.82) is 0 Å². The van der Waals surface area contributed by atoms with Crippen LogP contribution in [0.3, 0.4) is 0 Å². The number of nitrogens with one attached hydrogen (secondary N) is 1. The van der Waals surface area contributed by atoms with Crippen molar-refractivity contribution in [3.8, 4) is 5.75 Å². The molecule has 2 heterocycles. The van der Waals surface area contributed by atoms with E-state index in [4.69, 9.17) is 9.72 Å². The van der Waals surface area contributed by atoms with E-state index >= 15 is 0 Å². The number of carboxylic acids is 1. The number of ether oxygens (including phenoxy) is 1. The van der Waals surface area contributed by atoms with Gasteiger partial charge in [-0.3, -0.25) is 9.78 Å². The lowest BCUT2D eigenvalue weighted by atomic mass is 9.95. The fraction of sp³-hybridized carbons (Fsp3) is 0.333. The number of hydrogen-bond acceptors (Lipinski definition) is 5. The maximum absolute atomic E-state index is 12.8. The molecule has 0 spiro atoms. The van der Waals surface area contributed by atoms with Crippen LogP contribution in [0.4, 0.5) is 0 Å². The number of hydrogen-bond donors (Lipinski definition) is 2. The van der Waals surface area contributed by atoms with Gasteiger partial charge in [0.25, 0.3) is 5.91 Å². The summed E-state index contributed by atoms with van der Waals surface area (Å²) < 4.78 is 7.70. The van der Waals surface area contributed by atoms with Crippen LogP contribution < -0.4 is 10.1 Å². The van der Waals surface area contributed by atoms with Crippen molar-refractivity contribution in [1.82, 2.24) is 19.9 Å². The largest absolute Gasteiger partial charge is 0.494 e. The van der Waals surface area contributed by atoms with Crippen LogP contribution in [0.15, 0.2) is 60.9 Å². The Morgan fingerprint density at radius 1 is 1.08 bits per heavy atom. The number of rotatable bonds is 10. The Morgan fingerprint density at radius 3 is 2.71 bits per heavy atom. The van der Waals surface area contributed by atoms with Gasteiger partial charge in [-0.15, -0.1) is 0 Å². The summed E-state index contributed by atoms with van der Waals surface area (Å²) >= 11 is 0. The van der Waals surface area contributed by atoms with E-state index in [0.29, 0.717) is 12.2 Å². The van der Waals surface area contributed by atoms with Crippen molar-refractivity contribution < 1.29 is 19.4 Å². The summed E-state index contributed by atoms with van der Waals surface area (Å²) in [5, 5.41) is 12.4. The summed E-state index contributed by atoms with van der Waals surface area (Å²) in [5.74, 6) is -0.794. The monoisotopic (exact) mass is 512 g/mol. The van der Waals surface area contributed by atoms with Crippen molar-refractivity contribution in [2.45, 2.75) is 51.0 Å². The van der Waals surface area contributed by atoms with Gasteiger partial charge in [0.1, 0.15) is 11.8 Å². The molecule has 2 aromatic carbocycles. The zero-order chi connectivity index (χ0) is 26.5. The van der Waals surface area contributed by atoms with Gasteiger partial charge in [0, 0.05) is 30.4 Å². The Kier molecular flexibility index (Phi) is 7.67. The lowest BCUT2D eigenvalue weighted by Gasteiger charge is -2.16. The van der Waals surface area contributed by atoms with Gasteiger partial charge < -0.3 is 19.7 Å². The molecule has 0 bridgehead atoms. The number of aromatic nitrogens is 3. The first-order valence-corrected chi connectivity index (χ1v) is 13.1. The highest BCUT2D eigenvalue weighted by Gasteiger charge is 2.22. The molecule has 0 saturated heterocycles. The van der Waals surface area contributed by atoms with Crippen molar-refractivity contribution in [2.75, 3.05) is 6.61 Å². The molecule has 1 unspecified atom stereocenters. The van der Waals surface area contributed by atoms with E-state index in [2.05, 4.69) is 22.4 Å². The first kappa shape index (κ1) is 25.4. The summed E-state index contributed by atoms with van der Waals surface area (Å²) in [6, 6.07) is 15.8. The zero-order valence-electron chi connectivity index (χ0n) is 21.5. The highest BCUT2D eigenvalue weighted by molar-refractivity contribution is 5.99. The number of pyridine rings is 1. The fourth-order valence-corrected chi connectivity index (χ4v) is 4.88. The minimum Gasteiger partial charge on any atom is -0.494 e. The molecule has 1 aliphatic rings. The van der Waals surface area contributed by atoms with E-state index in [0.717, 1.165) is 53.7 Å². The van der Waals surface area contributed by atoms with Crippen LogP contribution in [0.5, 0.6) is 5.75 Å². The second kappa shape index (κ2) is 11.5. The second-order valence-corrected chi connectivity index (χ2v) is 9.84. The molecular weight excluding hydrogens is 480 g/mol. The van der Waals surface area contributed by atoms with Gasteiger partial charge in [-0.1, -0.05) is 18.2 Å². The van der Waals surface area contributed by atoms with Crippen molar-refractivity contribution in [2.24, 2.45) is 7.05 Å². The molecule has 8 heteroatoms. The van der Waals surface area contributed by atoms with Crippen LogP contribution in [-0.2, 0) is 37.5 Å². The number of nitrogens with zero attached hydrogens (tertiary/aromatic N) is 3. The SMILES string of the molecule is Cn1cnc2ccc(C(=O)NC(Cc3ccc(OCCCc4ccc5c(n4)CCCC5)cc3)C(=O)O)cc21. The Labute approximate surface area is 221 Å². The predicted molar refractivity (Wildman–Crippen MR) is 144 cm³/mol. The number of aliphatic carboxylic acids is 1. The maximum atomic E-state index is 12.8. The Balaban J connectivity index is 1.12. The smallest absolute Gasteiger partial charge is 0.326 e. The first-order chi connectivity index (χ1) is 18.5. The number of fused-ring (bicyclic) bond motifs is 2. The van der Waals surface area contributed by atoms with Crippen LogP contribution in [0.1, 0.15) is 52.1 Å². The fourth-order valence-electron chi connectivity index (χ4n) is 4.88. The second-order valence-electron chi connectivity index (χ2n) is 9.84. The van der Waals surface area contributed by atoms with E-state index in [-0.39, 0.29) is 6.42 Å². The first-order valence-electron chi connectivity index (χ1n) is 13.1. The van der Waals surface area contributed by atoms with Gasteiger partial charge in [0.2, 0.25) is 0 Å². The quantitative estimate of drug-likeness (QED) is 0.307. The standard InChI is InChI=1S/C30H32N4O4/c1-34-19-31-26-15-11-22(18-28(26)34)29(35)33-27(30(36)37)17-20-8-13-24(14-9-20)38-16-4-6-23-12-10-21-5-2-3-7-25(21)32-23/h8-15,18-19,27H,2-7,16-17H2,1H3,(H,33,35)(H,36,37). The molecule has 2 N–H and O–H groups in total. The molecule has 1 amide bonds. The van der Waals surface area contributed by atoms with E-state index in [9.17, 15) is 14.7 Å². The summed E-state index contributed by atoms with van der Waals surface area (Å²) in [4.78, 5) is 33.7. The van der Waals surface area contributed by atoms with Crippen LogP contribution >= 0.6 is 0 Å². The lowest BCUT2D eigenvalue weighted by Crippen LogP contribution is -2.42. The summed E-state index contributed by atoms with van der Waals surface area (Å²) in [6.45, 7) is 0.576. The molecule has 196 valence electrons. The third-order valence-corrected chi connectivity index (χ3v) is 7.04. The van der Waals surface area contributed by atoms with Crippen LogP contribution in [0, 0.1) is 0 Å². The van der Waals surface area contributed by atoms with Crippen LogP contribution in [0.25, 0.3) is 11.0 Å². The highest BCUT2D eigenvalue weighted by atomic mass is 16.5. The lowest BCUT2D eigenvalue weighted by molar-refractivity contribution is -0.139. The van der Waals surface area contributed by atoms with E-state index in [1.165, 1.54) is 24.1 Å². The number of benzene rings is 2. The molecule has 0 radical (unpaired) electrons. The highest BCUT2D eigenvalue weighted by Crippen LogP contribution is 2.20. The Bertz CT molecular complexity index is 1440.